The zero-order chi connectivity index (χ0) is 14.0. The number of carbonyl (C=O) groups excluding carboxylic acids is 1. The first-order chi connectivity index (χ1) is 8.97. The van der Waals surface area contributed by atoms with Crippen LogP contribution in [0.4, 0.5) is 0 Å². The molecule has 1 aliphatic rings. The van der Waals surface area contributed by atoms with Crippen molar-refractivity contribution < 1.29 is 14.7 Å². The minimum absolute atomic E-state index is 0.0199. The summed E-state index contributed by atoms with van der Waals surface area (Å²) in [6, 6.07) is 5.75. The third-order valence-corrected chi connectivity index (χ3v) is 3.75. The number of amides is 1. The summed E-state index contributed by atoms with van der Waals surface area (Å²) in [5.74, 6) is -1.18. The predicted molar refractivity (Wildman–Crippen MR) is 72.1 cm³/mol. The highest BCUT2D eigenvalue weighted by molar-refractivity contribution is 5.96. The normalized spacial score (nSPS) is 22.2. The van der Waals surface area contributed by atoms with Crippen LogP contribution in [0.1, 0.15) is 40.7 Å². The number of carboxylic acid groups (broad SMARTS) is 1. The Morgan fingerprint density at radius 1 is 1.26 bits per heavy atom. The van der Waals surface area contributed by atoms with E-state index in [1.54, 1.807) is 0 Å². The Kier molecular flexibility index (Phi) is 3.88. The molecule has 0 aliphatic heterocycles. The van der Waals surface area contributed by atoms with E-state index in [1.165, 1.54) is 0 Å². The van der Waals surface area contributed by atoms with Crippen molar-refractivity contribution in [1.82, 2.24) is 5.32 Å². The van der Waals surface area contributed by atoms with Gasteiger partial charge in [-0.05, 0) is 44.7 Å². The van der Waals surface area contributed by atoms with Gasteiger partial charge in [-0.1, -0.05) is 17.7 Å². The standard InChI is InChI=1S/C15H19NO3/c1-9-3-4-10(2)13(7-9)14(17)16-12-6-5-11(8-12)15(18)19/h3-4,7,11-12H,5-6,8H2,1-2H3,(H,16,17)(H,18,19)/t11-,12+/m1/s1. The van der Waals surface area contributed by atoms with E-state index in [0.29, 0.717) is 18.4 Å². The molecule has 1 fully saturated rings. The maximum Gasteiger partial charge on any atom is 0.306 e. The lowest BCUT2D eigenvalue weighted by Gasteiger charge is -2.14. The average molecular weight is 261 g/mol. The third-order valence-electron chi connectivity index (χ3n) is 3.75. The van der Waals surface area contributed by atoms with Crippen LogP contribution in [0.15, 0.2) is 18.2 Å². The fourth-order valence-electron chi connectivity index (χ4n) is 2.58. The first-order valence-corrected chi connectivity index (χ1v) is 6.58. The lowest BCUT2D eigenvalue weighted by molar-refractivity contribution is -0.141. The van der Waals surface area contributed by atoms with Gasteiger partial charge in [0.05, 0.1) is 5.92 Å². The van der Waals surface area contributed by atoms with E-state index in [2.05, 4.69) is 5.32 Å². The van der Waals surface area contributed by atoms with Gasteiger partial charge < -0.3 is 10.4 Å². The van der Waals surface area contributed by atoms with E-state index < -0.39 is 5.97 Å². The summed E-state index contributed by atoms with van der Waals surface area (Å²) in [6.45, 7) is 3.86. The molecule has 1 saturated carbocycles. The highest BCUT2D eigenvalue weighted by Crippen LogP contribution is 2.26. The Bertz CT molecular complexity index is 510. The summed E-state index contributed by atoms with van der Waals surface area (Å²) < 4.78 is 0. The number of nitrogens with one attached hydrogen (secondary N) is 1. The number of benzene rings is 1. The first kappa shape index (κ1) is 13.6. The summed E-state index contributed by atoms with van der Waals surface area (Å²) in [5, 5.41) is 11.9. The lowest BCUT2D eigenvalue weighted by atomic mass is 10.0. The van der Waals surface area contributed by atoms with Crippen molar-refractivity contribution in [3.63, 3.8) is 0 Å². The van der Waals surface area contributed by atoms with E-state index in [-0.39, 0.29) is 17.9 Å². The Labute approximate surface area is 112 Å². The van der Waals surface area contributed by atoms with Gasteiger partial charge in [-0.15, -0.1) is 0 Å². The highest BCUT2D eigenvalue weighted by atomic mass is 16.4. The van der Waals surface area contributed by atoms with Gasteiger partial charge >= 0.3 is 5.97 Å². The quantitative estimate of drug-likeness (QED) is 0.877. The van der Waals surface area contributed by atoms with Gasteiger partial charge in [-0.3, -0.25) is 9.59 Å². The molecule has 1 aromatic rings. The van der Waals surface area contributed by atoms with Crippen LogP contribution in [0.5, 0.6) is 0 Å². The second kappa shape index (κ2) is 5.43. The molecule has 19 heavy (non-hydrogen) atoms. The molecule has 1 aliphatic carbocycles. The van der Waals surface area contributed by atoms with Crippen molar-refractivity contribution >= 4 is 11.9 Å². The molecule has 1 aromatic carbocycles. The molecule has 2 atom stereocenters. The van der Waals surface area contributed by atoms with Crippen LogP contribution in [0.2, 0.25) is 0 Å². The van der Waals surface area contributed by atoms with Crippen molar-refractivity contribution in [3.05, 3.63) is 34.9 Å². The average Bonchev–Trinajstić information content (AvgIpc) is 2.80. The zero-order valence-electron chi connectivity index (χ0n) is 11.3. The molecule has 0 radical (unpaired) electrons. The molecule has 4 nitrogen and oxygen atoms in total. The number of carbonyl (C=O) groups is 2. The zero-order valence-corrected chi connectivity index (χ0v) is 11.3. The van der Waals surface area contributed by atoms with Gasteiger partial charge in [0.15, 0.2) is 0 Å². The van der Waals surface area contributed by atoms with E-state index in [0.717, 1.165) is 17.5 Å². The fourth-order valence-corrected chi connectivity index (χ4v) is 2.58. The SMILES string of the molecule is Cc1ccc(C)c(C(=O)N[C@H]2CC[C@@H](C(=O)O)C2)c1. The molecule has 2 rings (SSSR count). The Balaban J connectivity index is 2.02. The van der Waals surface area contributed by atoms with Crippen LogP contribution < -0.4 is 5.32 Å². The van der Waals surface area contributed by atoms with Crippen LogP contribution in [0, 0.1) is 19.8 Å². The molecule has 1 amide bonds. The Hall–Kier alpha value is -1.84. The monoisotopic (exact) mass is 261 g/mol. The highest BCUT2D eigenvalue weighted by Gasteiger charge is 2.30. The number of hydrogen-bond acceptors (Lipinski definition) is 2. The topological polar surface area (TPSA) is 66.4 Å². The van der Waals surface area contributed by atoms with E-state index in [4.69, 9.17) is 5.11 Å². The summed E-state index contributed by atoms with van der Waals surface area (Å²) in [6.07, 6.45) is 1.92. The van der Waals surface area contributed by atoms with Crippen LogP contribution in [-0.2, 0) is 4.79 Å². The summed E-state index contributed by atoms with van der Waals surface area (Å²) >= 11 is 0. The molecule has 102 valence electrons. The van der Waals surface area contributed by atoms with Crippen LogP contribution in [0.3, 0.4) is 0 Å². The second-order valence-corrected chi connectivity index (χ2v) is 5.34. The predicted octanol–water partition coefficient (Wildman–Crippen LogP) is 2.29. The molecular weight excluding hydrogens is 242 g/mol. The fraction of sp³-hybridized carbons (Fsp3) is 0.467. The van der Waals surface area contributed by atoms with E-state index in [9.17, 15) is 9.59 Å². The first-order valence-electron chi connectivity index (χ1n) is 6.58. The van der Waals surface area contributed by atoms with E-state index in [1.807, 2.05) is 32.0 Å². The number of aliphatic carboxylic acids is 1. The number of aryl methyl sites for hydroxylation is 2. The van der Waals surface area contributed by atoms with Gasteiger partial charge in [0.25, 0.3) is 5.91 Å². The molecule has 4 heteroatoms. The summed E-state index contributed by atoms with van der Waals surface area (Å²) in [4.78, 5) is 23.1. The maximum atomic E-state index is 12.2. The Morgan fingerprint density at radius 2 is 2.00 bits per heavy atom. The molecule has 0 spiro atoms. The summed E-state index contributed by atoms with van der Waals surface area (Å²) in [5.41, 5.74) is 2.67. The molecule has 2 N–H and O–H groups in total. The van der Waals surface area contributed by atoms with Crippen molar-refractivity contribution in [2.24, 2.45) is 5.92 Å². The van der Waals surface area contributed by atoms with Crippen molar-refractivity contribution in [2.75, 3.05) is 0 Å². The van der Waals surface area contributed by atoms with Gasteiger partial charge in [0, 0.05) is 11.6 Å². The second-order valence-electron chi connectivity index (χ2n) is 5.34. The maximum absolute atomic E-state index is 12.2. The molecule has 0 aromatic heterocycles. The van der Waals surface area contributed by atoms with Crippen LogP contribution in [-0.4, -0.2) is 23.0 Å². The van der Waals surface area contributed by atoms with Gasteiger partial charge in [-0.2, -0.15) is 0 Å². The van der Waals surface area contributed by atoms with Crippen LogP contribution in [0.25, 0.3) is 0 Å². The third kappa shape index (κ3) is 3.13. The number of hydrogen-bond donors (Lipinski definition) is 2. The van der Waals surface area contributed by atoms with Gasteiger partial charge in [0.1, 0.15) is 0 Å². The van der Waals surface area contributed by atoms with Gasteiger partial charge in [-0.25, -0.2) is 0 Å². The molecule has 0 unspecified atom stereocenters. The van der Waals surface area contributed by atoms with E-state index >= 15 is 0 Å². The molecular formula is C15H19NO3. The molecule has 0 bridgehead atoms. The smallest absolute Gasteiger partial charge is 0.306 e. The minimum Gasteiger partial charge on any atom is -0.481 e. The minimum atomic E-state index is -0.761. The van der Waals surface area contributed by atoms with Crippen molar-refractivity contribution in [1.29, 1.82) is 0 Å². The van der Waals surface area contributed by atoms with Crippen molar-refractivity contribution in [3.8, 4) is 0 Å². The lowest BCUT2D eigenvalue weighted by Crippen LogP contribution is -2.33. The largest absolute Gasteiger partial charge is 0.481 e. The molecule has 0 heterocycles. The molecule has 0 saturated heterocycles. The number of carboxylic acids is 1. The number of rotatable bonds is 3. The summed E-state index contributed by atoms with van der Waals surface area (Å²) in [7, 11) is 0. The van der Waals surface area contributed by atoms with Crippen molar-refractivity contribution in [2.45, 2.75) is 39.2 Å². The van der Waals surface area contributed by atoms with Gasteiger partial charge in [0.2, 0.25) is 0 Å². The van der Waals surface area contributed by atoms with Crippen LogP contribution >= 0.6 is 0 Å². The Morgan fingerprint density at radius 3 is 2.63 bits per heavy atom.